The Morgan fingerprint density at radius 1 is 0.889 bits per heavy atom. The van der Waals surface area contributed by atoms with Crippen LogP contribution in [0.2, 0.25) is 0 Å². The number of halogens is 3. The van der Waals surface area contributed by atoms with Crippen LogP contribution in [0, 0.1) is 23.4 Å². The molecule has 0 aromatic heterocycles. The number of carbonyl (C=O) groups excluding carboxylic acids is 1. The second-order valence-electron chi connectivity index (χ2n) is 9.55. The van der Waals surface area contributed by atoms with E-state index < -0.39 is 29.0 Å². The Morgan fingerprint density at radius 2 is 1.58 bits per heavy atom. The van der Waals surface area contributed by atoms with Crippen LogP contribution in [-0.2, 0) is 0 Å². The molecule has 1 fully saturated rings. The fraction of sp³-hybridized carbons (Fsp3) is 0.367. The van der Waals surface area contributed by atoms with Crippen molar-refractivity contribution in [2.75, 3.05) is 6.61 Å². The van der Waals surface area contributed by atoms with Gasteiger partial charge in [0.25, 0.3) is 0 Å². The molecule has 0 N–H and O–H groups in total. The summed E-state index contributed by atoms with van der Waals surface area (Å²) in [6, 6.07) is 13.9. The summed E-state index contributed by atoms with van der Waals surface area (Å²) in [5, 5.41) is 0. The van der Waals surface area contributed by atoms with Crippen molar-refractivity contribution in [1.82, 2.24) is 0 Å². The van der Waals surface area contributed by atoms with E-state index in [4.69, 9.17) is 9.47 Å². The second-order valence-corrected chi connectivity index (χ2v) is 9.55. The van der Waals surface area contributed by atoms with E-state index in [0.29, 0.717) is 29.2 Å². The summed E-state index contributed by atoms with van der Waals surface area (Å²) in [7, 11) is 0. The van der Waals surface area contributed by atoms with E-state index in [-0.39, 0.29) is 17.4 Å². The van der Waals surface area contributed by atoms with Gasteiger partial charge in [0.1, 0.15) is 5.75 Å². The molecule has 1 aliphatic carbocycles. The van der Waals surface area contributed by atoms with E-state index in [1.54, 1.807) is 24.3 Å². The molecular formula is C30H31F3O3. The molecule has 0 heterocycles. The lowest BCUT2D eigenvalue weighted by Gasteiger charge is -2.27. The minimum Gasteiger partial charge on any atom is -0.491 e. The maximum atomic E-state index is 14.8. The average molecular weight is 497 g/mol. The van der Waals surface area contributed by atoms with Gasteiger partial charge in [0, 0.05) is 0 Å². The molecule has 3 nitrogen and oxygen atoms in total. The van der Waals surface area contributed by atoms with Gasteiger partial charge < -0.3 is 9.47 Å². The summed E-state index contributed by atoms with van der Waals surface area (Å²) in [6.45, 7) is 4.66. The third-order valence-electron chi connectivity index (χ3n) is 6.87. The molecule has 0 aliphatic heterocycles. The molecule has 1 saturated carbocycles. The topological polar surface area (TPSA) is 35.5 Å². The lowest BCUT2D eigenvalue weighted by atomic mass is 9.79. The van der Waals surface area contributed by atoms with Crippen LogP contribution < -0.4 is 9.47 Å². The number of rotatable bonds is 8. The highest BCUT2D eigenvalue weighted by atomic mass is 19.2. The summed E-state index contributed by atoms with van der Waals surface area (Å²) < 4.78 is 54.7. The normalized spacial score (nSPS) is 17.6. The van der Waals surface area contributed by atoms with Gasteiger partial charge in [-0.2, -0.15) is 0 Å². The van der Waals surface area contributed by atoms with E-state index in [9.17, 15) is 18.0 Å². The van der Waals surface area contributed by atoms with Gasteiger partial charge in [-0.25, -0.2) is 18.0 Å². The quantitative estimate of drug-likeness (QED) is 0.178. The highest BCUT2D eigenvalue weighted by molar-refractivity contribution is 5.91. The lowest BCUT2D eigenvalue weighted by molar-refractivity contribution is 0.0728. The van der Waals surface area contributed by atoms with E-state index in [1.165, 1.54) is 30.3 Å². The van der Waals surface area contributed by atoms with Crippen molar-refractivity contribution >= 4 is 5.97 Å². The summed E-state index contributed by atoms with van der Waals surface area (Å²) in [4.78, 5) is 12.6. The van der Waals surface area contributed by atoms with Crippen molar-refractivity contribution in [3.05, 3.63) is 83.2 Å². The lowest BCUT2D eigenvalue weighted by Crippen LogP contribution is -2.16. The fourth-order valence-electron chi connectivity index (χ4n) is 4.61. The number of unbranched alkanes of at least 4 members (excludes halogenated alkanes) is 1. The van der Waals surface area contributed by atoms with Gasteiger partial charge in [0.2, 0.25) is 0 Å². The Morgan fingerprint density at radius 3 is 2.25 bits per heavy atom. The van der Waals surface area contributed by atoms with Gasteiger partial charge in [-0.15, -0.1) is 0 Å². The number of ether oxygens (including phenoxy) is 2. The number of esters is 1. The van der Waals surface area contributed by atoms with Crippen LogP contribution in [0.15, 0.2) is 54.6 Å². The predicted molar refractivity (Wildman–Crippen MR) is 134 cm³/mol. The standard InChI is InChI=1S/C30H31F3O3/c1-3-4-17-35-27-16-11-22(18-26(27)31)20-9-12-23(13-10-20)36-30(34)25-15-14-24(28(32)29(25)33)21-7-5-19(2)6-8-21/h9-16,18-19,21H,3-8,17H2,1-2H3. The fourth-order valence-corrected chi connectivity index (χ4v) is 4.61. The van der Waals surface area contributed by atoms with Gasteiger partial charge in [0.15, 0.2) is 23.2 Å². The van der Waals surface area contributed by atoms with Crippen molar-refractivity contribution in [1.29, 1.82) is 0 Å². The smallest absolute Gasteiger partial charge is 0.346 e. The Hall–Kier alpha value is -3.28. The van der Waals surface area contributed by atoms with E-state index >= 15 is 0 Å². The van der Waals surface area contributed by atoms with Crippen molar-refractivity contribution in [3.8, 4) is 22.6 Å². The van der Waals surface area contributed by atoms with Gasteiger partial charge in [-0.3, -0.25) is 0 Å². The third kappa shape index (κ3) is 5.92. The summed E-state index contributed by atoms with van der Waals surface area (Å²) in [6.07, 6.45) is 5.40. The first-order valence-corrected chi connectivity index (χ1v) is 12.6. The molecule has 36 heavy (non-hydrogen) atoms. The zero-order chi connectivity index (χ0) is 25.7. The van der Waals surface area contributed by atoms with Crippen molar-refractivity contribution in [2.45, 2.75) is 58.3 Å². The second kappa shape index (κ2) is 11.6. The molecule has 190 valence electrons. The van der Waals surface area contributed by atoms with Crippen LogP contribution in [0.1, 0.15) is 74.2 Å². The van der Waals surface area contributed by atoms with Crippen LogP contribution in [-0.4, -0.2) is 12.6 Å². The number of carbonyl (C=O) groups is 1. The molecular weight excluding hydrogens is 465 g/mol. The predicted octanol–water partition coefficient (Wildman–Crippen LogP) is 8.46. The minimum atomic E-state index is -1.18. The highest BCUT2D eigenvalue weighted by Gasteiger charge is 2.27. The van der Waals surface area contributed by atoms with Crippen LogP contribution in [0.25, 0.3) is 11.1 Å². The van der Waals surface area contributed by atoms with Crippen molar-refractivity contribution in [2.24, 2.45) is 5.92 Å². The Kier molecular flexibility index (Phi) is 8.34. The first kappa shape index (κ1) is 25.8. The Bertz CT molecular complexity index is 1200. The highest BCUT2D eigenvalue weighted by Crippen LogP contribution is 2.37. The van der Waals surface area contributed by atoms with Gasteiger partial charge in [-0.1, -0.05) is 57.4 Å². The largest absolute Gasteiger partial charge is 0.491 e. The van der Waals surface area contributed by atoms with Crippen LogP contribution in [0.5, 0.6) is 11.5 Å². The number of hydrogen-bond donors (Lipinski definition) is 0. The molecule has 4 rings (SSSR count). The average Bonchev–Trinajstić information content (AvgIpc) is 2.88. The molecule has 6 heteroatoms. The van der Waals surface area contributed by atoms with Crippen LogP contribution in [0.4, 0.5) is 13.2 Å². The zero-order valence-corrected chi connectivity index (χ0v) is 20.7. The molecule has 0 amide bonds. The zero-order valence-electron chi connectivity index (χ0n) is 20.7. The minimum absolute atomic E-state index is 0.0323. The van der Waals surface area contributed by atoms with E-state index in [0.717, 1.165) is 38.5 Å². The van der Waals surface area contributed by atoms with Gasteiger partial charge in [-0.05, 0) is 78.1 Å². The van der Waals surface area contributed by atoms with Gasteiger partial charge in [0.05, 0.1) is 12.2 Å². The van der Waals surface area contributed by atoms with Gasteiger partial charge >= 0.3 is 5.97 Å². The molecule has 3 aromatic carbocycles. The molecule has 3 aromatic rings. The summed E-state index contributed by atoms with van der Waals surface area (Å²) >= 11 is 0. The monoisotopic (exact) mass is 496 g/mol. The number of hydrogen-bond acceptors (Lipinski definition) is 3. The van der Waals surface area contributed by atoms with E-state index in [1.807, 2.05) is 6.92 Å². The van der Waals surface area contributed by atoms with Crippen molar-refractivity contribution < 1.29 is 27.4 Å². The Balaban J connectivity index is 1.43. The molecule has 0 atom stereocenters. The maximum Gasteiger partial charge on any atom is 0.346 e. The summed E-state index contributed by atoms with van der Waals surface area (Å²) in [5.41, 5.74) is 1.23. The van der Waals surface area contributed by atoms with Crippen LogP contribution >= 0.6 is 0 Å². The third-order valence-corrected chi connectivity index (χ3v) is 6.87. The molecule has 0 unspecified atom stereocenters. The molecule has 0 radical (unpaired) electrons. The summed E-state index contributed by atoms with van der Waals surface area (Å²) in [5.74, 6) is -2.63. The van der Waals surface area contributed by atoms with E-state index in [2.05, 4.69) is 6.92 Å². The molecule has 0 saturated heterocycles. The maximum absolute atomic E-state index is 14.8. The molecule has 0 spiro atoms. The van der Waals surface area contributed by atoms with Crippen LogP contribution in [0.3, 0.4) is 0 Å². The van der Waals surface area contributed by atoms with Crippen molar-refractivity contribution in [3.63, 3.8) is 0 Å². The molecule has 1 aliphatic rings. The Labute approximate surface area is 210 Å². The SMILES string of the molecule is CCCCOc1ccc(-c2ccc(OC(=O)c3ccc(C4CCC(C)CC4)c(F)c3F)cc2)cc1F. The first-order valence-electron chi connectivity index (χ1n) is 12.6. The number of benzene rings is 3. The molecule has 0 bridgehead atoms. The first-order chi connectivity index (χ1) is 17.4.